The van der Waals surface area contributed by atoms with Crippen molar-refractivity contribution in [1.82, 2.24) is 31.9 Å². The van der Waals surface area contributed by atoms with Crippen molar-refractivity contribution in [3.05, 3.63) is 0 Å². The molecule has 20 heteroatoms. The number of nitrogens with one attached hydrogen (secondary N) is 6. The number of carboxylic acids is 1. The highest BCUT2D eigenvalue weighted by Gasteiger charge is 2.33. The molecule has 7 amide bonds. The summed E-state index contributed by atoms with van der Waals surface area (Å²) >= 11 is 0. The van der Waals surface area contributed by atoms with Crippen molar-refractivity contribution >= 4 is 47.3 Å². The van der Waals surface area contributed by atoms with Gasteiger partial charge in [-0.1, -0.05) is 27.7 Å². The average molecular weight is 718 g/mol. The van der Waals surface area contributed by atoms with E-state index in [1.165, 1.54) is 0 Å². The topological polar surface area (TPSA) is 347 Å². The zero-order valence-corrected chi connectivity index (χ0v) is 29.0. The Balaban J connectivity index is 5.91. The Morgan fingerprint density at radius 1 is 0.640 bits per heavy atom. The summed E-state index contributed by atoms with van der Waals surface area (Å²) in [7, 11) is 0. The van der Waals surface area contributed by atoms with Crippen molar-refractivity contribution in [2.45, 2.75) is 102 Å². The van der Waals surface area contributed by atoms with E-state index in [2.05, 4.69) is 31.9 Å². The van der Waals surface area contributed by atoms with E-state index < -0.39 is 116 Å². The van der Waals surface area contributed by atoms with Crippen LogP contribution in [0.2, 0.25) is 0 Å². The van der Waals surface area contributed by atoms with Crippen molar-refractivity contribution in [2.75, 3.05) is 26.3 Å². The van der Waals surface area contributed by atoms with E-state index in [1.54, 1.807) is 13.8 Å². The summed E-state index contributed by atoms with van der Waals surface area (Å²) in [5.41, 5.74) is 16.6. The third kappa shape index (κ3) is 17.8. The van der Waals surface area contributed by atoms with Crippen LogP contribution in [0.3, 0.4) is 0 Å². The summed E-state index contributed by atoms with van der Waals surface area (Å²) in [5.74, 6) is -7.95. The first-order valence-corrected chi connectivity index (χ1v) is 16.3. The van der Waals surface area contributed by atoms with Gasteiger partial charge in [0.05, 0.1) is 19.3 Å². The molecule has 0 aliphatic heterocycles. The van der Waals surface area contributed by atoms with Crippen LogP contribution in [0.5, 0.6) is 0 Å². The zero-order chi connectivity index (χ0) is 38.6. The van der Waals surface area contributed by atoms with Gasteiger partial charge in [0.1, 0.15) is 36.8 Å². The molecule has 0 fully saturated rings. The maximum Gasteiger partial charge on any atom is 0.322 e. The lowest BCUT2D eigenvalue weighted by molar-refractivity contribution is -0.139. The second-order valence-electron chi connectivity index (χ2n) is 12.5. The van der Waals surface area contributed by atoms with E-state index in [1.807, 2.05) is 13.8 Å². The van der Waals surface area contributed by atoms with Crippen LogP contribution in [0.25, 0.3) is 0 Å². The number of rotatable bonds is 25. The molecule has 6 atom stereocenters. The molecule has 0 aliphatic carbocycles. The largest absolute Gasteiger partial charge is 0.480 e. The highest BCUT2D eigenvalue weighted by atomic mass is 16.4. The van der Waals surface area contributed by atoms with Crippen molar-refractivity contribution in [2.24, 2.45) is 29.0 Å². The maximum absolute atomic E-state index is 13.3. The fourth-order valence-electron chi connectivity index (χ4n) is 4.48. The molecular formula is C30H55N9O11. The number of unbranched alkanes of at least 4 members (excludes halogenated alkanes) is 1. The van der Waals surface area contributed by atoms with Crippen LogP contribution < -0.4 is 49.1 Å². The van der Waals surface area contributed by atoms with Crippen LogP contribution in [0.15, 0.2) is 0 Å². The van der Waals surface area contributed by atoms with Crippen LogP contribution in [-0.2, 0) is 38.4 Å². The van der Waals surface area contributed by atoms with Crippen LogP contribution >= 0.6 is 0 Å². The molecule has 0 rings (SSSR count). The molecule has 0 saturated heterocycles. The molecular weight excluding hydrogens is 662 g/mol. The molecule has 20 nitrogen and oxygen atoms in total. The van der Waals surface area contributed by atoms with E-state index in [-0.39, 0.29) is 31.7 Å². The van der Waals surface area contributed by atoms with Gasteiger partial charge in [-0.2, -0.15) is 0 Å². The summed E-state index contributed by atoms with van der Waals surface area (Å²) in [6, 6.07) is -8.18. The maximum atomic E-state index is 13.3. The average Bonchev–Trinajstić information content (AvgIpc) is 3.03. The monoisotopic (exact) mass is 717 g/mol. The number of primary amides is 1. The van der Waals surface area contributed by atoms with Gasteiger partial charge in [0.2, 0.25) is 41.4 Å². The minimum atomic E-state index is -1.68. The van der Waals surface area contributed by atoms with E-state index in [0.29, 0.717) is 12.8 Å². The number of nitrogens with two attached hydrogens (primary N) is 3. The number of aliphatic carboxylic acids is 1. The zero-order valence-electron chi connectivity index (χ0n) is 29.0. The van der Waals surface area contributed by atoms with Gasteiger partial charge < -0.3 is 64.4 Å². The Kier molecular flexibility index (Phi) is 21.8. The molecule has 0 bridgehead atoms. The smallest absolute Gasteiger partial charge is 0.322 e. The quantitative estimate of drug-likeness (QED) is 0.0394. The predicted octanol–water partition coefficient (Wildman–Crippen LogP) is -4.98. The van der Waals surface area contributed by atoms with Gasteiger partial charge in [0.25, 0.3) is 0 Å². The Morgan fingerprint density at radius 3 is 1.54 bits per heavy atom. The lowest BCUT2D eigenvalue weighted by Gasteiger charge is -2.27. The van der Waals surface area contributed by atoms with Crippen molar-refractivity contribution < 1.29 is 53.7 Å². The van der Waals surface area contributed by atoms with Crippen molar-refractivity contribution in [1.29, 1.82) is 0 Å². The van der Waals surface area contributed by atoms with Crippen LogP contribution in [0, 0.1) is 11.8 Å². The minimum Gasteiger partial charge on any atom is -0.480 e. The SMILES string of the molecule is CC(C)CC(N)C(=O)NC(CO)C(=O)NC(CCC(N)=O)C(=O)NC(CO)C(=O)NC(CCCCN)C(=O)NC(C(=O)NCC(=O)O)C(C)C. The Morgan fingerprint density at radius 2 is 1.10 bits per heavy atom. The molecule has 0 aromatic heterocycles. The number of amides is 7. The lowest BCUT2D eigenvalue weighted by Crippen LogP contribution is -2.61. The first-order valence-electron chi connectivity index (χ1n) is 16.3. The summed E-state index contributed by atoms with van der Waals surface area (Å²) in [5, 5.41) is 42.5. The molecule has 0 aliphatic rings. The highest BCUT2D eigenvalue weighted by Crippen LogP contribution is 2.08. The first-order chi connectivity index (χ1) is 23.4. The summed E-state index contributed by atoms with van der Waals surface area (Å²) < 4.78 is 0. The predicted molar refractivity (Wildman–Crippen MR) is 178 cm³/mol. The fraction of sp³-hybridized carbons (Fsp3) is 0.733. The first kappa shape index (κ1) is 45.6. The van der Waals surface area contributed by atoms with Gasteiger partial charge in [0.15, 0.2) is 0 Å². The van der Waals surface area contributed by atoms with Gasteiger partial charge in [-0.15, -0.1) is 0 Å². The lowest BCUT2D eigenvalue weighted by atomic mass is 10.0. The standard InChI is InChI=1S/C30H55N9O11/c1-15(2)11-17(32)25(45)37-20(13-40)28(48)36-19(8-9-22(33)42)26(46)38-21(14-41)29(49)35-18(7-5-6-10-31)27(47)39-24(16(3)4)30(50)34-12-23(43)44/h15-21,24,40-41H,5-14,31-32H2,1-4H3,(H2,33,42)(H,34,50)(H,35,49)(H,36,48)(H,37,45)(H,38,46)(H,39,47)(H,43,44). The summed E-state index contributed by atoms with van der Waals surface area (Å²) in [6.07, 6.45) is 0.382. The summed E-state index contributed by atoms with van der Waals surface area (Å²) in [4.78, 5) is 100. The van der Waals surface area contributed by atoms with Gasteiger partial charge in [-0.3, -0.25) is 38.4 Å². The number of aliphatic hydroxyl groups excluding tert-OH is 2. The van der Waals surface area contributed by atoms with E-state index in [0.717, 1.165) is 0 Å². The van der Waals surface area contributed by atoms with Gasteiger partial charge >= 0.3 is 5.97 Å². The second kappa shape index (κ2) is 23.9. The van der Waals surface area contributed by atoms with E-state index in [4.69, 9.17) is 22.3 Å². The van der Waals surface area contributed by atoms with Gasteiger partial charge in [-0.05, 0) is 50.5 Å². The molecule has 0 aromatic carbocycles. The molecule has 15 N–H and O–H groups in total. The normalized spacial score (nSPS) is 14.7. The molecule has 0 heterocycles. The van der Waals surface area contributed by atoms with Crippen LogP contribution in [-0.4, -0.2) is 125 Å². The number of hydrogen-bond acceptors (Lipinski definition) is 12. The summed E-state index contributed by atoms with van der Waals surface area (Å²) in [6.45, 7) is 4.62. The van der Waals surface area contributed by atoms with Crippen molar-refractivity contribution in [3.63, 3.8) is 0 Å². The van der Waals surface area contributed by atoms with E-state index in [9.17, 15) is 48.6 Å². The van der Waals surface area contributed by atoms with Crippen LogP contribution in [0.4, 0.5) is 0 Å². The number of carbonyl (C=O) groups is 8. The van der Waals surface area contributed by atoms with Crippen LogP contribution in [0.1, 0.15) is 66.2 Å². The molecule has 286 valence electrons. The fourth-order valence-corrected chi connectivity index (χ4v) is 4.48. The second-order valence-corrected chi connectivity index (χ2v) is 12.5. The molecule has 0 spiro atoms. The Labute approximate surface area is 290 Å². The molecule has 0 saturated carbocycles. The van der Waals surface area contributed by atoms with Gasteiger partial charge in [0, 0.05) is 6.42 Å². The molecule has 0 radical (unpaired) electrons. The van der Waals surface area contributed by atoms with Gasteiger partial charge in [-0.25, -0.2) is 0 Å². The van der Waals surface area contributed by atoms with E-state index >= 15 is 0 Å². The molecule has 6 unspecified atom stereocenters. The molecule has 50 heavy (non-hydrogen) atoms. The van der Waals surface area contributed by atoms with Crippen molar-refractivity contribution in [3.8, 4) is 0 Å². The third-order valence-electron chi connectivity index (χ3n) is 7.25. The Bertz CT molecular complexity index is 1170. The molecule has 0 aromatic rings. The third-order valence-corrected chi connectivity index (χ3v) is 7.25. The Hall–Kier alpha value is -4.40. The number of hydrogen-bond donors (Lipinski definition) is 12. The highest BCUT2D eigenvalue weighted by molar-refractivity contribution is 5.97. The number of aliphatic hydroxyl groups is 2. The number of carbonyl (C=O) groups excluding carboxylic acids is 7. The minimum absolute atomic E-state index is 0.0365. The number of carboxylic acid groups (broad SMARTS) is 1.